The molecule has 0 radical (unpaired) electrons. The van der Waals surface area contributed by atoms with Crippen LogP contribution in [0.15, 0.2) is 54.9 Å². The van der Waals surface area contributed by atoms with Crippen molar-refractivity contribution in [3.05, 3.63) is 66.0 Å². The summed E-state index contributed by atoms with van der Waals surface area (Å²) in [6.45, 7) is 3.45. The maximum Gasteiger partial charge on any atom is 0.326 e. The molecule has 196 valence electrons. The van der Waals surface area contributed by atoms with Gasteiger partial charge in [-0.2, -0.15) is 10.1 Å². The number of piperazine rings is 1. The zero-order chi connectivity index (χ0) is 26.8. The minimum Gasteiger partial charge on any atom is -0.480 e. The Morgan fingerprint density at radius 3 is 2.42 bits per heavy atom. The van der Waals surface area contributed by atoms with E-state index in [1.54, 1.807) is 29.1 Å². The highest BCUT2D eigenvalue weighted by Crippen LogP contribution is 2.27. The summed E-state index contributed by atoms with van der Waals surface area (Å²) in [6, 6.07) is 11.5. The molecular weight excluding hydrogens is 484 g/mol. The first-order chi connectivity index (χ1) is 18.3. The molecular formula is C27H30N8O3. The number of nitrogen functional groups attached to an aromatic ring is 1. The zero-order valence-electron chi connectivity index (χ0n) is 21.3. The van der Waals surface area contributed by atoms with Crippen molar-refractivity contribution >= 4 is 34.5 Å². The summed E-state index contributed by atoms with van der Waals surface area (Å²) in [5, 5.41) is 17.4. The summed E-state index contributed by atoms with van der Waals surface area (Å²) in [5.74, 6) is -0.739. The number of carbonyl (C=O) groups excluding carboxylic acids is 1. The first kappa shape index (κ1) is 25.2. The third-order valence-corrected chi connectivity index (χ3v) is 6.79. The van der Waals surface area contributed by atoms with Gasteiger partial charge in [0.25, 0.3) is 5.91 Å². The first-order valence-corrected chi connectivity index (χ1v) is 12.4. The lowest BCUT2D eigenvalue weighted by molar-refractivity contribution is -0.139. The van der Waals surface area contributed by atoms with Crippen molar-refractivity contribution in [1.82, 2.24) is 30.0 Å². The van der Waals surface area contributed by atoms with Gasteiger partial charge in [-0.15, -0.1) is 0 Å². The lowest BCUT2D eigenvalue weighted by atomic mass is 10.0. The third kappa shape index (κ3) is 5.42. The van der Waals surface area contributed by atoms with Crippen LogP contribution in [0.1, 0.15) is 15.9 Å². The number of aliphatic carboxylic acids is 1. The Morgan fingerprint density at radius 1 is 1.03 bits per heavy atom. The van der Waals surface area contributed by atoms with E-state index in [2.05, 4.69) is 37.2 Å². The van der Waals surface area contributed by atoms with Gasteiger partial charge >= 0.3 is 5.97 Å². The van der Waals surface area contributed by atoms with Gasteiger partial charge in [0.1, 0.15) is 11.9 Å². The van der Waals surface area contributed by atoms with E-state index in [4.69, 9.17) is 5.73 Å². The topological polar surface area (TPSA) is 142 Å². The molecule has 11 nitrogen and oxygen atoms in total. The maximum absolute atomic E-state index is 13.1. The van der Waals surface area contributed by atoms with Gasteiger partial charge in [-0.1, -0.05) is 24.3 Å². The molecule has 11 heteroatoms. The number of carbonyl (C=O) groups is 2. The van der Waals surface area contributed by atoms with E-state index in [-0.39, 0.29) is 12.4 Å². The molecule has 1 amide bonds. The van der Waals surface area contributed by atoms with E-state index in [0.717, 1.165) is 54.1 Å². The number of nitrogens with two attached hydrogens (primary N) is 1. The second kappa shape index (κ2) is 10.5. The van der Waals surface area contributed by atoms with Crippen molar-refractivity contribution < 1.29 is 14.7 Å². The number of likely N-dealkylation sites (N-methyl/N-ethyl adjacent to an activating group) is 1. The molecule has 0 spiro atoms. The molecule has 3 heterocycles. The monoisotopic (exact) mass is 514 g/mol. The summed E-state index contributed by atoms with van der Waals surface area (Å²) in [7, 11) is 3.93. The van der Waals surface area contributed by atoms with Crippen LogP contribution in [0.5, 0.6) is 0 Å². The zero-order valence-corrected chi connectivity index (χ0v) is 21.3. The van der Waals surface area contributed by atoms with Crippen molar-refractivity contribution in [1.29, 1.82) is 0 Å². The molecule has 1 aliphatic heterocycles. The lowest BCUT2D eigenvalue weighted by Gasteiger charge is -2.33. The van der Waals surface area contributed by atoms with Crippen molar-refractivity contribution in [2.75, 3.05) is 43.9 Å². The number of anilines is 2. The van der Waals surface area contributed by atoms with E-state index in [1.165, 1.54) is 0 Å². The fraction of sp³-hybridized carbons (Fsp3) is 0.296. The van der Waals surface area contributed by atoms with Crippen molar-refractivity contribution in [2.45, 2.75) is 12.5 Å². The quantitative estimate of drug-likeness (QED) is 0.336. The second-order valence-corrected chi connectivity index (χ2v) is 9.60. The number of benzene rings is 2. The van der Waals surface area contributed by atoms with Crippen LogP contribution in [0.2, 0.25) is 0 Å². The van der Waals surface area contributed by atoms with E-state index in [1.807, 2.05) is 37.5 Å². The Balaban J connectivity index is 1.32. The molecule has 5 rings (SSSR count). The molecule has 1 fully saturated rings. The molecule has 0 bridgehead atoms. The predicted octanol–water partition coefficient (Wildman–Crippen LogP) is 1.79. The predicted molar refractivity (Wildman–Crippen MR) is 145 cm³/mol. The number of rotatable bonds is 7. The highest BCUT2D eigenvalue weighted by Gasteiger charge is 2.23. The number of aromatic nitrogens is 4. The smallest absolute Gasteiger partial charge is 0.326 e. The fourth-order valence-corrected chi connectivity index (χ4v) is 4.61. The maximum atomic E-state index is 13.1. The Kier molecular flexibility index (Phi) is 6.93. The van der Waals surface area contributed by atoms with Gasteiger partial charge in [-0.05, 0) is 36.4 Å². The molecule has 0 aliphatic carbocycles. The number of nitrogens with one attached hydrogen (secondary N) is 1. The Morgan fingerprint density at radius 2 is 1.76 bits per heavy atom. The molecule has 1 aliphatic rings. The van der Waals surface area contributed by atoms with Gasteiger partial charge in [0.05, 0.1) is 11.7 Å². The van der Waals surface area contributed by atoms with Crippen molar-refractivity contribution in [3.8, 4) is 11.1 Å². The molecule has 2 aromatic carbocycles. The Hall–Kier alpha value is -4.51. The highest BCUT2D eigenvalue weighted by atomic mass is 16.4. The standard InChI is InChI=1S/C27H30N8O3/c1-33-9-11-35(12-10-33)24-21-8-7-19(14-22(21)31-27(28)32-24)25(36)30-23(26(37)38)13-17-3-5-18(6-4-17)20-15-29-34(2)16-20/h3-8,14-16,23H,9-13H2,1-2H3,(H,30,36)(H,37,38)(H2,28,31,32)/t23-/m0/s1. The van der Waals surface area contributed by atoms with Crippen LogP contribution in [0.25, 0.3) is 22.0 Å². The number of hydrogen-bond acceptors (Lipinski definition) is 8. The molecule has 0 saturated carbocycles. The van der Waals surface area contributed by atoms with E-state index >= 15 is 0 Å². The third-order valence-electron chi connectivity index (χ3n) is 6.79. The SMILES string of the molecule is CN1CCN(c2nc(N)nc3cc(C(=O)N[C@@H](Cc4ccc(-c5cnn(C)c5)cc4)C(=O)O)ccc23)CC1. The molecule has 4 N–H and O–H groups in total. The van der Waals surface area contributed by atoms with Gasteiger partial charge in [-0.3, -0.25) is 9.48 Å². The van der Waals surface area contributed by atoms with Gasteiger partial charge in [0.15, 0.2) is 0 Å². The number of carboxylic acid groups (broad SMARTS) is 1. The van der Waals surface area contributed by atoms with Crippen LogP contribution in [0.3, 0.4) is 0 Å². The number of fused-ring (bicyclic) bond motifs is 1. The number of aryl methyl sites for hydroxylation is 1. The van der Waals surface area contributed by atoms with Gasteiger partial charge in [0.2, 0.25) is 5.95 Å². The van der Waals surface area contributed by atoms with E-state index in [0.29, 0.717) is 11.1 Å². The molecule has 0 unspecified atom stereocenters. The summed E-state index contributed by atoms with van der Waals surface area (Å²) in [4.78, 5) is 38.3. The van der Waals surface area contributed by atoms with Gasteiger partial charge < -0.3 is 26.0 Å². The van der Waals surface area contributed by atoms with Crippen molar-refractivity contribution in [3.63, 3.8) is 0 Å². The first-order valence-electron chi connectivity index (χ1n) is 12.4. The van der Waals surface area contributed by atoms with Crippen LogP contribution in [-0.2, 0) is 18.3 Å². The van der Waals surface area contributed by atoms with Crippen LogP contribution in [-0.4, -0.2) is 80.9 Å². The number of carboxylic acids is 1. The van der Waals surface area contributed by atoms with E-state index < -0.39 is 17.9 Å². The average molecular weight is 515 g/mol. The van der Waals surface area contributed by atoms with Crippen LogP contribution >= 0.6 is 0 Å². The largest absolute Gasteiger partial charge is 0.480 e. The molecule has 1 atom stereocenters. The molecule has 1 saturated heterocycles. The Labute approximate surface area is 219 Å². The summed E-state index contributed by atoms with van der Waals surface area (Å²) >= 11 is 0. The van der Waals surface area contributed by atoms with E-state index in [9.17, 15) is 14.7 Å². The fourth-order valence-electron chi connectivity index (χ4n) is 4.61. The second-order valence-electron chi connectivity index (χ2n) is 9.60. The Bertz CT molecular complexity index is 1480. The van der Waals surface area contributed by atoms with Crippen LogP contribution in [0.4, 0.5) is 11.8 Å². The van der Waals surface area contributed by atoms with Crippen LogP contribution in [0, 0.1) is 0 Å². The van der Waals surface area contributed by atoms with Gasteiger partial charge in [0, 0.05) is 62.4 Å². The number of nitrogens with zero attached hydrogens (tertiary/aromatic N) is 6. The number of hydrogen-bond donors (Lipinski definition) is 3. The molecule has 38 heavy (non-hydrogen) atoms. The minimum atomic E-state index is -1.11. The molecule has 2 aromatic heterocycles. The summed E-state index contributed by atoms with van der Waals surface area (Å²) in [5.41, 5.74) is 9.58. The van der Waals surface area contributed by atoms with Gasteiger partial charge in [-0.25, -0.2) is 9.78 Å². The van der Waals surface area contributed by atoms with Crippen molar-refractivity contribution in [2.24, 2.45) is 7.05 Å². The molecule has 4 aromatic rings. The number of amides is 1. The average Bonchev–Trinajstić information content (AvgIpc) is 3.34. The highest BCUT2D eigenvalue weighted by molar-refractivity contribution is 6.01. The van der Waals surface area contributed by atoms with Crippen LogP contribution < -0.4 is 16.0 Å². The summed E-state index contributed by atoms with van der Waals surface area (Å²) in [6.07, 6.45) is 3.82. The normalized spacial score (nSPS) is 14.9. The summed E-state index contributed by atoms with van der Waals surface area (Å²) < 4.78 is 1.72. The lowest BCUT2D eigenvalue weighted by Crippen LogP contribution is -2.45. The minimum absolute atomic E-state index is 0.127.